The van der Waals surface area contributed by atoms with Crippen LogP contribution in [-0.2, 0) is 4.74 Å². The quantitative estimate of drug-likeness (QED) is 0.836. The highest BCUT2D eigenvalue weighted by Gasteiger charge is 2.59. The molecule has 2 atom stereocenters. The number of carbonyl (C=O) groups excluding carboxylic acids is 1. The molecule has 6 nitrogen and oxygen atoms in total. The van der Waals surface area contributed by atoms with E-state index < -0.39 is 5.60 Å². The number of halogens is 1. The SMILES string of the molecule is Cc1nc(OC2C3CN(C(=O)OC(C)(C)C)CC32)cnc1Cl. The number of likely N-dealkylation sites (tertiary alicyclic amines) is 1. The number of rotatable bonds is 2. The summed E-state index contributed by atoms with van der Waals surface area (Å²) in [6, 6.07) is 0. The summed E-state index contributed by atoms with van der Waals surface area (Å²) in [5.74, 6) is 1.20. The normalized spacial score (nSPS) is 26.6. The minimum absolute atomic E-state index is 0.105. The number of nitrogens with zero attached hydrogens (tertiary/aromatic N) is 3. The van der Waals surface area contributed by atoms with Gasteiger partial charge in [0.05, 0.1) is 11.9 Å². The maximum atomic E-state index is 12.0. The average molecular weight is 326 g/mol. The molecule has 120 valence electrons. The second-order valence-electron chi connectivity index (χ2n) is 6.88. The molecule has 7 heteroatoms. The number of piperidine rings is 1. The highest BCUT2D eigenvalue weighted by atomic mass is 35.5. The summed E-state index contributed by atoms with van der Waals surface area (Å²) < 4.78 is 11.2. The summed E-state index contributed by atoms with van der Waals surface area (Å²) in [5.41, 5.74) is 0.191. The van der Waals surface area contributed by atoms with E-state index in [1.54, 1.807) is 11.8 Å². The van der Waals surface area contributed by atoms with Crippen molar-refractivity contribution in [2.75, 3.05) is 13.1 Å². The summed E-state index contributed by atoms with van der Waals surface area (Å²) >= 11 is 5.85. The van der Waals surface area contributed by atoms with Crippen molar-refractivity contribution in [2.45, 2.75) is 39.4 Å². The van der Waals surface area contributed by atoms with Crippen molar-refractivity contribution in [1.29, 1.82) is 0 Å². The van der Waals surface area contributed by atoms with Gasteiger partial charge in [0.1, 0.15) is 11.7 Å². The Kier molecular flexibility index (Phi) is 3.67. The van der Waals surface area contributed by atoms with Crippen molar-refractivity contribution in [2.24, 2.45) is 11.8 Å². The Morgan fingerprint density at radius 2 is 2.00 bits per heavy atom. The van der Waals surface area contributed by atoms with Crippen LogP contribution < -0.4 is 4.74 Å². The van der Waals surface area contributed by atoms with E-state index in [1.807, 2.05) is 20.8 Å². The van der Waals surface area contributed by atoms with E-state index in [0.717, 1.165) is 0 Å². The molecule has 1 saturated heterocycles. The number of aryl methyl sites for hydroxylation is 1. The van der Waals surface area contributed by atoms with Crippen LogP contribution in [0.4, 0.5) is 4.79 Å². The van der Waals surface area contributed by atoms with E-state index in [9.17, 15) is 4.79 Å². The van der Waals surface area contributed by atoms with Crippen LogP contribution in [0.5, 0.6) is 5.88 Å². The first-order chi connectivity index (χ1) is 10.2. The van der Waals surface area contributed by atoms with Crippen LogP contribution >= 0.6 is 11.6 Å². The molecule has 2 heterocycles. The molecule has 1 aliphatic heterocycles. The summed E-state index contributed by atoms with van der Waals surface area (Å²) in [6.45, 7) is 8.74. The fraction of sp³-hybridized carbons (Fsp3) is 0.667. The Hall–Kier alpha value is -1.56. The first-order valence-corrected chi connectivity index (χ1v) is 7.76. The second-order valence-corrected chi connectivity index (χ2v) is 7.24. The molecule has 22 heavy (non-hydrogen) atoms. The van der Waals surface area contributed by atoms with Crippen LogP contribution in [0.2, 0.25) is 5.15 Å². The predicted molar refractivity (Wildman–Crippen MR) is 81.0 cm³/mol. The van der Waals surface area contributed by atoms with Crippen LogP contribution in [0, 0.1) is 18.8 Å². The lowest BCUT2D eigenvalue weighted by Gasteiger charge is -2.25. The van der Waals surface area contributed by atoms with Crippen LogP contribution in [0.1, 0.15) is 26.5 Å². The third-order valence-corrected chi connectivity index (χ3v) is 4.26. The smallest absolute Gasteiger partial charge is 0.410 e. The van der Waals surface area contributed by atoms with Gasteiger partial charge < -0.3 is 14.4 Å². The highest BCUT2D eigenvalue weighted by molar-refractivity contribution is 6.29. The van der Waals surface area contributed by atoms with Gasteiger partial charge in [-0.2, -0.15) is 0 Å². The zero-order valence-electron chi connectivity index (χ0n) is 13.2. The Labute approximate surface area is 134 Å². The fourth-order valence-electron chi connectivity index (χ4n) is 2.76. The predicted octanol–water partition coefficient (Wildman–Crippen LogP) is 2.68. The highest BCUT2D eigenvalue weighted by Crippen LogP contribution is 2.47. The Bertz CT molecular complexity index is 590. The molecule has 2 aliphatic rings. The molecule has 0 N–H and O–H groups in total. The molecule has 0 aromatic carbocycles. The van der Waals surface area contributed by atoms with Gasteiger partial charge in [-0.3, -0.25) is 0 Å². The lowest BCUT2D eigenvalue weighted by molar-refractivity contribution is 0.0252. The van der Waals surface area contributed by atoms with Gasteiger partial charge in [-0.25, -0.2) is 14.8 Å². The van der Waals surface area contributed by atoms with Gasteiger partial charge >= 0.3 is 6.09 Å². The largest absolute Gasteiger partial charge is 0.472 e. The van der Waals surface area contributed by atoms with Crippen molar-refractivity contribution in [3.8, 4) is 5.88 Å². The van der Waals surface area contributed by atoms with Crippen LogP contribution in [0.3, 0.4) is 0 Å². The molecule has 1 aromatic rings. The van der Waals surface area contributed by atoms with Crippen molar-refractivity contribution >= 4 is 17.7 Å². The molecule has 1 saturated carbocycles. The number of aromatic nitrogens is 2. The van der Waals surface area contributed by atoms with E-state index in [2.05, 4.69) is 9.97 Å². The van der Waals surface area contributed by atoms with E-state index in [0.29, 0.717) is 41.7 Å². The average Bonchev–Trinajstić information content (AvgIpc) is 2.83. The molecule has 2 fully saturated rings. The van der Waals surface area contributed by atoms with E-state index in [1.165, 1.54) is 6.20 Å². The number of fused-ring (bicyclic) bond motifs is 1. The van der Waals surface area contributed by atoms with Gasteiger partial charge in [-0.05, 0) is 27.7 Å². The molecule has 0 radical (unpaired) electrons. The number of ether oxygens (including phenoxy) is 2. The topological polar surface area (TPSA) is 64.5 Å². The zero-order chi connectivity index (χ0) is 16.1. The van der Waals surface area contributed by atoms with Gasteiger partial charge in [-0.15, -0.1) is 0 Å². The summed E-state index contributed by atoms with van der Waals surface area (Å²) in [4.78, 5) is 22.0. The first kappa shape index (κ1) is 15.3. The zero-order valence-corrected chi connectivity index (χ0v) is 13.9. The molecule has 0 spiro atoms. The van der Waals surface area contributed by atoms with Gasteiger partial charge in [0.2, 0.25) is 5.88 Å². The Morgan fingerprint density at radius 3 is 2.55 bits per heavy atom. The minimum Gasteiger partial charge on any atom is -0.472 e. The minimum atomic E-state index is -0.462. The monoisotopic (exact) mass is 325 g/mol. The number of hydrogen-bond acceptors (Lipinski definition) is 5. The molecule has 1 aromatic heterocycles. The fourth-order valence-corrected chi connectivity index (χ4v) is 2.86. The standard InChI is InChI=1S/C15H20ClN3O3/c1-8-13(16)17-5-11(18-8)21-12-9-6-19(7-10(9)12)14(20)22-15(2,3)4/h5,9-10,12H,6-7H2,1-4H3. The number of carbonyl (C=O) groups is 1. The van der Waals surface area contributed by atoms with Gasteiger partial charge in [0.15, 0.2) is 5.15 Å². The van der Waals surface area contributed by atoms with Gasteiger partial charge in [0.25, 0.3) is 0 Å². The molecular weight excluding hydrogens is 306 g/mol. The van der Waals surface area contributed by atoms with Crippen LogP contribution in [0.15, 0.2) is 6.20 Å². The van der Waals surface area contributed by atoms with E-state index in [-0.39, 0.29) is 12.2 Å². The van der Waals surface area contributed by atoms with E-state index in [4.69, 9.17) is 21.1 Å². The molecular formula is C15H20ClN3O3. The third kappa shape index (κ3) is 3.11. The number of amides is 1. The van der Waals surface area contributed by atoms with Crippen molar-refractivity contribution in [1.82, 2.24) is 14.9 Å². The molecule has 1 aliphatic carbocycles. The van der Waals surface area contributed by atoms with Crippen LogP contribution in [0.25, 0.3) is 0 Å². The van der Waals surface area contributed by atoms with Gasteiger partial charge in [-0.1, -0.05) is 11.6 Å². The lowest BCUT2D eigenvalue weighted by Crippen LogP contribution is -2.38. The summed E-state index contributed by atoms with van der Waals surface area (Å²) in [5, 5.41) is 0.388. The second kappa shape index (κ2) is 5.26. The molecule has 2 unspecified atom stereocenters. The Balaban J connectivity index is 1.52. The van der Waals surface area contributed by atoms with Crippen molar-refractivity contribution in [3.05, 3.63) is 17.0 Å². The molecule has 1 amide bonds. The maximum absolute atomic E-state index is 12.0. The van der Waals surface area contributed by atoms with E-state index >= 15 is 0 Å². The maximum Gasteiger partial charge on any atom is 0.410 e. The first-order valence-electron chi connectivity index (χ1n) is 7.38. The van der Waals surface area contributed by atoms with Crippen molar-refractivity contribution < 1.29 is 14.3 Å². The number of hydrogen-bond donors (Lipinski definition) is 0. The summed E-state index contributed by atoms with van der Waals surface area (Å²) in [7, 11) is 0. The van der Waals surface area contributed by atoms with Crippen LogP contribution in [-0.4, -0.2) is 45.8 Å². The summed E-state index contributed by atoms with van der Waals surface area (Å²) in [6.07, 6.45) is 1.39. The third-order valence-electron chi connectivity index (χ3n) is 3.89. The van der Waals surface area contributed by atoms with Crippen molar-refractivity contribution in [3.63, 3.8) is 0 Å². The van der Waals surface area contributed by atoms with Gasteiger partial charge in [0, 0.05) is 24.9 Å². The Morgan fingerprint density at radius 1 is 1.36 bits per heavy atom. The lowest BCUT2D eigenvalue weighted by atomic mass is 10.2. The molecule has 0 bridgehead atoms. The molecule has 3 rings (SSSR count).